The number of anilines is 1. The monoisotopic (exact) mass is 556 g/mol. The van der Waals surface area contributed by atoms with Crippen molar-refractivity contribution in [3.8, 4) is 0 Å². The smallest absolute Gasteiger partial charge is 0.274 e. The van der Waals surface area contributed by atoms with Gasteiger partial charge in [-0.25, -0.2) is 10.3 Å². The summed E-state index contributed by atoms with van der Waals surface area (Å²) in [4.78, 5) is 53.7. The molecule has 206 valence electrons. The zero-order chi connectivity index (χ0) is 29.0. The van der Waals surface area contributed by atoms with E-state index in [0.29, 0.717) is 0 Å². The number of nitrogens with one attached hydrogen (secondary N) is 1. The van der Waals surface area contributed by atoms with E-state index in [1.165, 1.54) is 18.2 Å². The van der Waals surface area contributed by atoms with Crippen LogP contribution in [-0.4, -0.2) is 28.9 Å². The average Bonchev–Trinajstić information content (AvgIpc) is 3.28. The quantitative estimate of drug-likeness (QED) is 0.162. The zero-order valence-electron chi connectivity index (χ0n) is 22.2. The van der Waals surface area contributed by atoms with Gasteiger partial charge in [-0.05, 0) is 33.9 Å². The van der Waals surface area contributed by atoms with E-state index in [0.717, 1.165) is 32.7 Å². The molecule has 0 saturated carbocycles. The number of hydrogen-bond acceptors (Lipinski definition) is 6. The molecule has 8 rings (SSSR count). The summed E-state index contributed by atoms with van der Waals surface area (Å²) in [5.74, 6) is -3.50. The Bertz CT molecular complexity index is 1770. The van der Waals surface area contributed by atoms with Crippen LogP contribution in [0.2, 0.25) is 0 Å². The van der Waals surface area contributed by atoms with Crippen LogP contribution in [0.25, 0.3) is 0 Å². The molecular formula is C33H24N4O5. The van der Waals surface area contributed by atoms with Crippen molar-refractivity contribution in [2.24, 2.45) is 16.9 Å². The second-order valence-corrected chi connectivity index (χ2v) is 10.7. The van der Waals surface area contributed by atoms with Gasteiger partial charge in [-0.15, -0.1) is 0 Å². The standard InChI is InChI=1S/C33H24N4O5/c38-27(18-20-10-2-1-3-11-20)35-34-19-33-23-14-6-4-12-21(23)28(22-13-5-7-15-24(22)33)29-30(33)32(40)36(31(29)39)25-16-8-9-17-26(25)37(41)42/h1-17,19,28-30H,18H2,(H,35,38)/b34-19-/t28?,29-,30+,33?/m0/s1. The number of carbonyl (C=O) groups is 3. The van der Waals surface area contributed by atoms with E-state index in [2.05, 4.69) is 10.5 Å². The Balaban J connectivity index is 1.38. The summed E-state index contributed by atoms with van der Waals surface area (Å²) in [6.07, 6.45) is 1.70. The first-order chi connectivity index (χ1) is 20.4. The van der Waals surface area contributed by atoms with Crippen LogP contribution in [0.15, 0.2) is 108 Å². The molecule has 1 N–H and O–H groups in total. The van der Waals surface area contributed by atoms with Crippen LogP contribution in [-0.2, 0) is 26.2 Å². The molecule has 1 fully saturated rings. The Morgan fingerprint density at radius 3 is 2.12 bits per heavy atom. The number of hydrazone groups is 1. The molecule has 0 spiro atoms. The topological polar surface area (TPSA) is 122 Å². The number of para-hydroxylation sites is 2. The summed E-state index contributed by atoms with van der Waals surface area (Å²) in [6, 6.07) is 30.4. The largest absolute Gasteiger partial charge is 0.293 e. The van der Waals surface area contributed by atoms with Crippen LogP contribution in [0.5, 0.6) is 0 Å². The van der Waals surface area contributed by atoms with Gasteiger partial charge in [0.15, 0.2) is 0 Å². The molecule has 2 bridgehead atoms. The van der Waals surface area contributed by atoms with Crippen molar-refractivity contribution in [2.75, 3.05) is 4.90 Å². The highest BCUT2D eigenvalue weighted by Gasteiger charge is 2.68. The van der Waals surface area contributed by atoms with Gasteiger partial charge in [0.1, 0.15) is 5.69 Å². The SMILES string of the molecule is O=C(Cc1ccccc1)N/N=C\C12c3ccccc3C(c3ccccc31)[C@@H]1C(=O)N(c3ccccc3[N+](=O)[O-])C(=O)[C@@H]12. The molecule has 0 aromatic heterocycles. The van der Waals surface area contributed by atoms with Crippen LogP contribution in [0, 0.1) is 22.0 Å². The predicted molar refractivity (Wildman–Crippen MR) is 155 cm³/mol. The lowest BCUT2D eigenvalue weighted by Gasteiger charge is -2.52. The van der Waals surface area contributed by atoms with Crippen molar-refractivity contribution >= 4 is 35.3 Å². The minimum Gasteiger partial charge on any atom is -0.274 e. The maximum Gasteiger partial charge on any atom is 0.293 e. The first-order valence-corrected chi connectivity index (χ1v) is 13.6. The lowest BCUT2D eigenvalue weighted by Crippen LogP contribution is -2.54. The highest BCUT2D eigenvalue weighted by molar-refractivity contribution is 6.25. The van der Waals surface area contributed by atoms with Crippen molar-refractivity contribution in [1.29, 1.82) is 0 Å². The van der Waals surface area contributed by atoms with E-state index in [1.54, 1.807) is 12.3 Å². The third-order valence-corrected chi connectivity index (χ3v) is 8.67. The summed E-state index contributed by atoms with van der Waals surface area (Å²) < 4.78 is 0. The fourth-order valence-corrected chi connectivity index (χ4v) is 7.12. The lowest BCUT2D eigenvalue weighted by molar-refractivity contribution is -0.384. The van der Waals surface area contributed by atoms with E-state index >= 15 is 0 Å². The van der Waals surface area contributed by atoms with Gasteiger partial charge in [0, 0.05) is 18.2 Å². The molecule has 0 radical (unpaired) electrons. The van der Waals surface area contributed by atoms with Crippen LogP contribution < -0.4 is 10.3 Å². The first-order valence-electron chi connectivity index (χ1n) is 13.6. The van der Waals surface area contributed by atoms with Crippen LogP contribution in [0.4, 0.5) is 11.4 Å². The molecule has 4 aromatic rings. The fourth-order valence-electron chi connectivity index (χ4n) is 7.12. The predicted octanol–water partition coefficient (Wildman–Crippen LogP) is 4.49. The van der Waals surface area contributed by atoms with Gasteiger partial charge in [0.05, 0.1) is 28.6 Å². The van der Waals surface area contributed by atoms with E-state index < -0.39 is 39.9 Å². The molecule has 2 atom stereocenters. The normalized spacial score (nSPS) is 23.4. The Kier molecular flexibility index (Phi) is 5.83. The number of amides is 3. The molecule has 4 aromatic carbocycles. The number of imide groups is 1. The Hall–Kier alpha value is -5.44. The van der Waals surface area contributed by atoms with Gasteiger partial charge in [-0.3, -0.25) is 24.5 Å². The minimum atomic E-state index is -1.20. The molecule has 9 nitrogen and oxygen atoms in total. The van der Waals surface area contributed by atoms with E-state index in [9.17, 15) is 24.5 Å². The lowest BCUT2D eigenvalue weighted by atomic mass is 9.47. The molecule has 1 heterocycles. The van der Waals surface area contributed by atoms with E-state index in [-0.39, 0.29) is 23.7 Å². The number of nitro benzene ring substituents is 1. The highest BCUT2D eigenvalue weighted by atomic mass is 16.6. The average molecular weight is 557 g/mol. The van der Waals surface area contributed by atoms with Crippen molar-refractivity contribution < 1.29 is 19.3 Å². The molecule has 9 heteroatoms. The van der Waals surface area contributed by atoms with Crippen molar-refractivity contribution in [3.63, 3.8) is 0 Å². The van der Waals surface area contributed by atoms with Gasteiger partial charge >= 0.3 is 0 Å². The summed E-state index contributed by atoms with van der Waals surface area (Å²) in [5, 5.41) is 16.3. The molecule has 42 heavy (non-hydrogen) atoms. The minimum absolute atomic E-state index is 0.0531. The molecule has 3 aliphatic carbocycles. The summed E-state index contributed by atoms with van der Waals surface area (Å²) in [6.45, 7) is 0. The Morgan fingerprint density at radius 1 is 0.857 bits per heavy atom. The number of rotatable bonds is 6. The summed E-state index contributed by atoms with van der Waals surface area (Å²) in [5.41, 5.74) is 5.30. The Morgan fingerprint density at radius 2 is 1.45 bits per heavy atom. The van der Waals surface area contributed by atoms with Crippen LogP contribution >= 0.6 is 0 Å². The van der Waals surface area contributed by atoms with Gasteiger partial charge in [-0.2, -0.15) is 5.10 Å². The number of hydrogen-bond donors (Lipinski definition) is 1. The molecule has 4 aliphatic rings. The molecule has 0 unspecified atom stereocenters. The first kappa shape index (κ1) is 25.5. The van der Waals surface area contributed by atoms with Crippen LogP contribution in [0.3, 0.4) is 0 Å². The van der Waals surface area contributed by atoms with Crippen LogP contribution in [0.1, 0.15) is 33.7 Å². The second kappa shape index (κ2) is 9.59. The molecule has 1 aliphatic heterocycles. The van der Waals surface area contributed by atoms with Gasteiger partial charge in [-0.1, -0.05) is 91.0 Å². The molecular weight excluding hydrogens is 532 g/mol. The van der Waals surface area contributed by atoms with Crippen molar-refractivity contribution in [1.82, 2.24) is 5.43 Å². The highest BCUT2D eigenvalue weighted by Crippen LogP contribution is 2.63. The van der Waals surface area contributed by atoms with E-state index in [4.69, 9.17) is 0 Å². The number of nitrogens with zero attached hydrogens (tertiary/aromatic N) is 3. The summed E-state index contributed by atoms with van der Waals surface area (Å²) in [7, 11) is 0. The van der Waals surface area contributed by atoms with Crippen molar-refractivity contribution in [2.45, 2.75) is 17.8 Å². The van der Waals surface area contributed by atoms with Gasteiger partial charge < -0.3 is 0 Å². The third-order valence-electron chi connectivity index (χ3n) is 8.67. The molecule has 1 saturated heterocycles. The van der Waals surface area contributed by atoms with Gasteiger partial charge in [0.25, 0.3) is 5.69 Å². The maximum atomic E-state index is 14.4. The number of benzene rings is 4. The maximum absolute atomic E-state index is 14.4. The van der Waals surface area contributed by atoms with E-state index in [1.807, 2.05) is 78.9 Å². The zero-order valence-corrected chi connectivity index (χ0v) is 22.2. The Labute approximate surface area is 240 Å². The number of nitro groups is 1. The fraction of sp³-hybridized carbons (Fsp3) is 0.152. The third kappa shape index (κ3) is 3.56. The number of carbonyl (C=O) groups excluding carboxylic acids is 3. The second-order valence-electron chi connectivity index (χ2n) is 10.7. The molecule has 3 amide bonds. The van der Waals surface area contributed by atoms with Crippen molar-refractivity contribution in [3.05, 3.63) is 141 Å². The summed E-state index contributed by atoms with van der Waals surface area (Å²) >= 11 is 0. The van der Waals surface area contributed by atoms with Gasteiger partial charge in [0.2, 0.25) is 17.7 Å².